The van der Waals surface area contributed by atoms with Crippen molar-refractivity contribution in [3.8, 4) is 0 Å². The summed E-state index contributed by atoms with van der Waals surface area (Å²) in [5.74, 6) is 0. The highest BCUT2D eigenvalue weighted by atomic mass is 35.5. The van der Waals surface area contributed by atoms with E-state index in [2.05, 4.69) is 9.71 Å². The number of rotatable bonds is 3. The quantitative estimate of drug-likeness (QED) is 0.569. The highest BCUT2D eigenvalue weighted by Gasteiger charge is 2.23. The molecule has 0 aliphatic carbocycles. The van der Waals surface area contributed by atoms with Crippen molar-refractivity contribution in [1.82, 2.24) is 9.71 Å². The molecule has 0 saturated heterocycles. The van der Waals surface area contributed by atoms with Crippen molar-refractivity contribution >= 4 is 45.4 Å². The fourth-order valence-electron chi connectivity index (χ4n) is 1.73. The smallest absolute Gasteiger partial charge is 0.321 e. The topological polar surface area (TPSA) is 137 Å². The van der Waals surface area contributed by atoms with Crippen LogP contribution in [0.5, 0.6) is 0 Å². The second-order valence-corrected chi connectivity index (χ2v) is 7.94. The Bertz CT molecular complexity index is 932. The normalized spacial score (nSPS) is 12.8. The fourth-order valence-corrected chi connectivity index (χ4v) is 3.64. The summed E-state index contributed by atoms with van der Waals surface area (Å²) < 4.78 is 36.9. The molecule has 0 saturated carbocycles. The molecule has 1 heterocycles. The number of hydrogen-bond donors (Lipinski definition) is 4. The first kappa shape index (κ1) is 16.2. The van der Waals surface area contributed by atoms with Gasteiger partial charge < -0.3 is 14.8 Å². The Morgan fingerprint density at radius 1 is 1.29 bits per heavy atom. The van der Waals surface area contributed by atoms with Crippen molar-refractivity contribution in [1.29, 1.82) is 0 Å². The molecule has 0 aliphatic rings. The van der Waals surface area contributed by atoms with E-state index in [9.17, 15) is 17.8 Å². The number of hydrogen-bond acceptors (Lipinski definition) is 4. The van der Waals surface area contributed by atoms with Crippen LogP contribution in [0.4, 0.5) is 0 Å². The molecule has 1 aromatic carbocycles. The Labute approximate surface area is 124 Å². The summed E-state index contributed by atoms with van der Waals surface area (Å²) in [6.45, 7) is 0. The number of fused-ring (bicyclic) bond motifs is 1. The van der Waals surface area contributed by atoms with Crippen LogP contribution >= 0.6 is 19.2 Å². The van der Waals surface area contributed by atoms with Crippen LogP contribution in [0.2, 0.25) is 5.02 Å². The van der Waals surface area contributed by atoms with E-state index >= 15 is 0 Å². The molecule has 0 atom stereocenters. The van der Waals surface area contributed by atoms with Gasteiger partial charge in [0.05, 0.1) is 5.02 Å². The number of benzene rings is 1. The summed E-state index contributed by atoms with van der Waals surface area (Å²) in [6, 6.07) is 3.27. The average molecular weight is 353 g/mol. The predicted molar refractivity (Wildman–Crippen MR) is 77.5 cm³/mol. The molecular formula is C10H10ClN2O6PS. The van der Waals surface area contributed by atoms with Gasteiger partial charge in [-0.25, -0.2) is 13.1 Å². The number of aromatic amines is 1. The van der Waals surface area contributed by atoms with E-state index in [1.165, 1.54) is 13.1 Å². The molecule has 0 amide bonds. The summed E-state index contributed by atoms with van der Waals surface area (Å²) in [5, 5.41) is -0.743. The van der Waals surface area contributed by atoms with E-state index in [0.717, 1.165) is 12.1 Å². The van der Waals surface area contributed by atoms with E-state index in [1.54, 1.807) is 0 Å². The lowest BCUT2D eigenvalue weighted by Crippen LogP contribution is -2.27. The van der Waals surface area contributed by atoms with Gasteiger partial charge in [-0.3, -0.25) is 9.36 Å². The van der Waals surface area contributed by atoms with E-state index in [0.29, 0.717) is 0 Å². The molecule has 2 rings (SSSR count). The summed E-state index contributed by atoms with van der Waals surface area (Å²) >= 11 is 5.85. The van der Waals surface area contributed by atoms with Crippen LogP contribution in [0.3, 0.4) is 0 Å². The minimum Gasteiger partial charge on any atom is -0.321 e. The molecular weight excluding hydrogens is 343 g/mol. The Balaban J connectivity index is 2.87. The number of sulfonamides is 1. The zero-order chi connectivity index (χ0) is 16.0. The van der Waals surface area contributed by atoms with Crippen LogP contribution in [0.15, 0.2) is 27.9 Å². The maximum Gasteiger partial charge on any atom is 0.361 e. The summed E-state index contributed by atoms with van der Waals surface area (Å²) in [4.78, 5) is 31.8. The van der Waals surface area contributed by atoms with Crippen molar-refractivity contribution in [2.75, 3.05) is 7.05 Å². The largest absolute Gasteiger partial charge is 0.361 e. The van der Waals surface area contributed by atoms with Crippen molar-refractivity contribution in [2.24, 2.45) is 0 Å². The summed E-state index contributed by atoms with van der Waals surface area (Å²) in [7, 11) is -7.43. The van der Waals surface area contributed by atoms with Crippen molar-refractivity contribution in [3.63, 3.8) is 0 Å². The molecule has 4 N–H and O–H groups in total. The van der Waals surface area contributed by atoms with Crippen LogP contribution in [-0.2, 0) is 14.6 Å². The van der Waals surface area contributed by atoms with E-state index < -0.39 is 28.5 Å². The molecule has 0 aliphatic heterocycles. The number of H-pyrrole nitrogens is 1. The molecule has 0 unspecified atom stereocenters. The van der Waals surface area contributed by atoms with Gasteiger partial charge in [-0.05, 0) is 25.2 Å². The van der Waals surface area contributed by atoms with Crippen LogP contribution < -0.4 is 15.6 Å². The zero-order valence-electron chi connectivity index (χ0n) is 10.5. The van der Waals surface area contributed by atoms with Crippen LogP contribution in [0.1, 0.15) is 0 Å². The second kappa shape index (κ2) is 5.20. The maximum atomic E-state index is 11.8. The Morgan fingerprint density at radius 2 is 1.90 bits per heavy atom. The molecule has 11 heteroatoms. The molecule has 0 spiro atoms. The minimum absolute atomic E-state index is 0.128. The van der Waals surface area contributed by atoms with Gasteiger partial charge in [0, 0.05) is 10.9 Å². The van der Waals surface area contributed by atoms with E-state index in [-0.39, 0.29) is 20.8 Å². The summed E-state index contributed by atoms with van der Waals surface area (Å²) in [6.07, 6.45) is 0. The van der Waals surface area contributed by atoms with Gasteiger partial charge in [0.25, 0.3) is 5.56 Å². The second-order valence-electron chi connectivity index (χ2n) is 4.11. The highest BCUT2D eigenvalue weighted by Crippen LogP contribution is 2.33. The van der Waals surface area contributed by atoms with Gasteiger partial charge >= 0.3 is 7.60 Å². The number of nitrogens with one attached hydrogen (secondary N) is 2. The Hall–Kier alpha value is -1.22. The maximum absolute atomic E-state index is 11.8. The van der Waals surface area contributed by atoms with E-state index in [4.69, 9.17) is 21.4 Å². The monoisotopic (exact) mass is 352 g/mol. The lowest BCUT2D eigenvalue weighted by Gasteiger charge is -2.09. The summed E-state index contributed by atoms with van der Waals surface area (Å²) in [5.41, 5.74) is -0.798. The predicted octanol–water partition coefficient (Wildman–Crippen LogP) is -0.107. The van der Waals surface area contributed by atoms with Gasteiger partial charge in [-0.15, -0.1) is 0 Å². The van der Waals surface area contributed by atoms with Crippen molar-refractivity contribution in [2.45, 2.75) is 4.90 Å². The molecule has 0 fully saturated rings. The van der Waals surface area contributed by atoms with Crippen molar-refractivity contribution < 1.29 is 22.8 Å². The molecule has 2 aromatic rings. The molecule has 0 bridgehead atoms. The Morgan fingerprint density at radius 3 is 2.43 bits per heavy atom. The van der Waals surface area contributed by atoms with Gasteiger partial charge in [-0.2, -0.15) is 0 Å². The van der Waals surface area contributed by atoms with E-state index in [1.807, 2.05) is 0 Å². The van der Waals surface area contributed by atoms with Gasteiger partial charge in [0.15, 0.2) is 0 Å². The molecule has 0 radical (unpaired) electrons. The Kier molecular flexibility index (Phi) is 4.00. The number of halogens is 1. The zero-order valence-corrected chi connectivity index (χ0v) is 13.0. The first-order chi connectivity index (χ1) is 9.56. The first-order valence-electron chi connectivity index (χ1n) is 5.42. The minimum atomic E-state index is -4.78. The number of pyridine rings is 1. The lowest BCUT2D eigenvalue weighted by molar-refractivity contribution is 0.387. The van der Waals surface area contributed by atoms with Gasteiger partial charge in [-0.1, -0.05) is 11.6 Å². The van der Waals surface area contributed by atoms with Crippen LogP contribution in [0, 0.1) is 0 Å². The molecule has 21 heavy (non-hydrogen) atoms. The average Bonchev–Trinajstić information content (AvgIpc) is 2.35. The third kappa shape index (κ3) is 3.03. The van der Waals surface area contributed by atoms with Gasteiger partial charge in [0.1, 0.15) is 10.2 Å². The highest BCUT2D eigenvalue weighted by molar-refractivity contribution is 7.89. The molecule has 1 aromatic heterocycles. The van der Waals surface area contributed by atoms with Crippen molar-refractivity contribution in [3.05, 3.63) is 33.6 Å². The third-order valence-electron chi connectivity index (χ3n) is 2.75. The fraction of sp³-hybridized carbons (Fsp3) is 0.100. The lowest BCUT2D eigenvalue weighted by atomic mass is 10.2. The molecule has 8 nitrogen and oxygen atoms in total. The standard InChI is InChI=1S/C10H10ClN2O6PS/c1-12-21(18,19)9-3-5-2-8(20(15,16)17)10(14)13-7(5)4-6(9)11/h2-4,12H,1H3,(H,13,14)(H2,15,16,17). The first-order valence-corrected chi connectivity index (χ1v) is 8.90. The SMILES string of the molecule is CNS(=O)(=O)c1cc2cc(P(=O)(O)O)c(=O)[nH]c2cc1Cl. The van der Waals surface area contributed by atoms with Crippen LogP contribution in [-0.4, -0.2) is 30.2 Å². The van der Waals surface area contributed by atoms with Gasteiger partial charge in [0.2, 0.25) is 10.0 Å². The molecule has 114 valence electrons. The third-order valence-corrected chi connectivity index (χ3v) is 5.59. The van der Waals surface area contributed by atoms with Crippen LogP contribution in [0.25, 0.3) is 10.9 Å². The number of aromatic nitrogens is 1.